The molecule has 0 rings (SSSR count). The standard InChI is InChI=1S/C7H14ClN3O/c1-2-3-4-5(6(8)12)11-7(9)10/h5H,2-4H2,1H3,(H4,9,10,11). The molecule has 0 amide bonds. The van der Waals surface area contributed by atoms with Crippen molar-refractivity contribution >= 4 is 22.8 Å². The third-order valence-electron chi connectivity index (χ3n) is 1.40. The summed E-state index contributed by atoms with van der Waals surface area (Å²) in [4.78, 5) is 14.4. The molecule has 0 spiro atoms. The maximum atomic E-state index is 10.7. The first-order chi connectivity index (χ1) is 5.57. The predicted octanol–water partition coefficient (Wildman–Crippen LogP) is 0.584. The molecule has 1 unspecified atom stereocenters. The summed E-state index contributed by atoms with van der Waals surface area (Å²) in [6, 6.07) is -0.573. The number of nitrogens with zero attached hydrogens (tertiary/aromatic N) is 1. The Morgan fingerprint density at radius 1 is 1.58 bits per heavy atom. The number of rotatable bonds is 5. The summed E-state index contributed by atoms with van der Waals surface area (Å²) in [5.41, 5.74) is 10.2. The summed E-state index contributed by atoms with van der Waals surface area (Å²) in [7, 11) is 0. The van der Waals surface area contributed by atoms with Crippen molar-refractivity contribution < 1.29 is 4.79 Å². The number of carbonyl (C=O) groups is 1. The zero-order valence-corrected chi connectivity index (χ0v) is 7.84. The number of nitrogens with two attached hydrogens (primary N) is 2. The second-order valence-corrected chi connectivity index (χ2v) is 2.89. The predicted molar refractivity (Wildman–Crippen MR) is 50.0 cm³/mol. The fourth-order valence-electron chi connectivity index (χ4n) is 0.806. The van der Waals surface area contributed by atoms with Crippen LogP contribution in [-0.2, 0) is 4.79 Å². The van der Waals surface area contributed by atoms with Gasteiger partial charge in [0.25, 0.3) is 0 Å². The Morgan fingerprint density at radius 3 is 2.50 bits per heavy atom. The van der Waals surface area contributed by atoms with Gasteiger partial charge in [0.15, 0.2) is 5.96 Å². The van der Waals surface area contributed by atoms with E-state index in [-0.39, 0.29) is 5.96 Å². The highest BCUT2D eigenvalue weighted by molar-refractivity contribution is 6.64. The van der Waals surface area contributed by atoms with Crippen LogP contribution in [0.5, 0.6) is 0 Å². The summed E-state index contributed by atoms with van der Waals surface area (Å²) in [5.74, 6) is -0.0925. The molecule has 0 bridgehead atoms. The van der Waals surface area contributed by atoms with Gasteiger partial charge in [-0.05, 0) is 18.0 Å². The van der Waals surface area contributed by atoms with E-state index in [1.165, 1.54) is 0 Å². The molecule has 0 aliphatic rings. The van der Waals surface area contributed by atoms with Gasteiger partial charge in [0.1, 0.15) is 6.04 Å². The molecule has 1 atom stereocenters. The van der Waals surface area contributed by atoms with E-state index in [1.54, 1.807) is 0 Å². The largest absolute Gasteiger partial charge is 0.370 e. The second-order valence-electron chi connectivity index (χ2n) is 2.52. The zero-order valence-electron chi connectivity index (χ0n) is 7.09. The van der Waals surface area contributed by atoms with Crippen LogP contribution in [0, 0.1) is 0 Å². The highest BCUT2D eigenvalue weighted by Crippen LogP contribution is 2.07. The average Bonchev–Trinajstić information content (AvgIpc) is 1.96. The van der Waals surface area contributed by atoms with Gasteiger partial charge >= 0.3 is 0 Å². The number of hydrogen-bond donors (Lipinski definition) is 2. The summed E-state index contributed by atoms with van der Waals surface area (Å²) in [5, 5.41) is -0.503. The van der Waals surface area contributed by atoms with Gasteiger partial charge < -0.3 is 11.5 Å². The van der Waals surface area contributed by atoms with Crippen molar-refractivity contribution in [3.63, 3.8) is 0 Å². The van der Waals surface area contributed by atoms with Gasteiger partial charge in [0.05, 0.1) is 0 Å². The highest BCUT2D eigenvalue weighted by Gasteiger charge is 2.13. The smallest absolute Gasteiger partial charge is 0.246 e. The lowest BCUT2D eigenvalue weighted by atomic mass is 10.1. The molecule has 0 fully saturated rings. The fourth-order valence-corrected chi connectivity index (χ4v) is 0.964. The van der Waals surface area contributed by atoms with E-state index >= 15 is 0 Å². The van der Waals surface area contributed by atoms with Gasteiger partial charge in [0.2, 0.25) is 5.24 Å². The molecule has 0 aliphatic heterocycles. The maximum absolute atomic E-state index is 10.7. The number of hydrogen-bond acceptors (Lipinski definition) is 2. The third kappa shape index (κ3) is 4.96. The van der Waals surface area contributed by atoms with Crippen LogP contribution in [0.15, 0.2) is 4.99 Å². The molecule has 0 aliphatic carbocycles. The highest BCUT2D eigenvalue weighted by atomic mass is 35.5. The average molecular weight is 192 g/mol. The van der Waals surface area contributed by atoms with E-state index in [1.807, 2.05) is 6.92 Å². The first kappa shape index (κ1) is 11.2. The van der Waals surface area contributed by atoms with Crippen molar-refractivity contribution in [1.29, 1.82) is 0 Å². The Hall–Kier alpha value is -0.770. The fraction of sp³-hybridized carbons (Fsp3) is 0.714. The quantitative estimate of drug-likeness (QED) is 0.379. The Kier molecular flexibility index (Phi) is 5.45. The lowest BCUT2D eigenvalue weighted by Crippen LogP contribution is -2.27. The van der Waals surface area contributed by atoms with Gasteiger partial charge in [0, 0.05) is 0 Å². The summed E-state index contributed by atoms with van der Waals surface area (Å²) in [6.07, 6.45) is 2.48. The van der Waals surface area contributed by atoms with Crippen molar-refractivity contribution in [3.8, 4) is 0 Å². The first-order valence-corrected chi connectivity index (χ1v) is 4.23. The monoisotopic (exact) mass is 191 g/mol. The summed E-state index contributed by atoms with van der Waals surface area (Å²) >= 11 is 5.27. The molecule has 70 valence electrons. The van der Waals surface area contributed by atoms with Crippen LogP contribution in [0.1, 0.15) is 26.2 Å². The van der Waals surface area contributed by atoms with Gasteiger partial charge in [-0.2, -0.15) is 0 Å². The molecule has 0 heterocycles. The van der Waals surface area contributed by atoms with Gasteiger partial charge in [-0.15, -0.1) is 0 Å². The van der Waals surface area contributed by atoms with Crippen molar-refractivity contribution in [3.05, 3.63) is 0 Å². The molecule has 0 aromatic rings. The number of aliphatic imine (C=N–C) groups is 1. The molecular formula is C7H14ClN3O. The lowest BCUT2D eigenvalue weighted by molar-refractivity contribution is -0.112. The topological polar surface area (TPSA) is 81.5 Å². The van der Waals surface area contributed by atoms with Crippen molar-refractivity contribution in [2.45, 2.75) is 32.2 Å². The zero-order chi connectivity index (χ0) is 9.56. The third-order valence-corrected chi connectivity index (χ3v) is 1.65. The molecular weight excluding hydrogens is 178 g/mol. The Morgan fingerprint density at radius 2 is 2.17 bits per heavy atom. The van der Waals surface area contributed by atoms with Crippen LogP contribution in [0.3, 0.4) is 0 Å². The number of carbonyl (C=O) groups excluding carboxylic acids is 1. The lowest BCUT2D eigenvalue weighted by Gasteiger charge is -2.05. The minimum Gasteiger partial charge on any atom is -0.370 e. The molecule has 0 radical (unpaired) electrons. The van der Waals surface area contributed by atoms with Crippen molar-refractivity contribution in [2.24, 2.45) is 16.5 Å². The maximum Gasteiger partial charge on any atom is 0.246 e. The van der Waals surface area contributed by atoms with E-state index < -0.39 is 11.3 Å². The Labute approximate surface area is 77.0 Å². The summed E-state index contributed by atoms with van der Waals surface area (Å²) < 4.78 is 0. The Balaban J connectivity index is 4.05. The molecule has 5 heteroatoms. The first-order valence-electron chi connectivity index (χ1n) is 3.86. The van der Waals surface area contributed by atoms with E-state index in [4.69, 9.17) is 23.1 Å². The van der Waals surface area contributed by atoms with Gasteiger partial charge in [-0.1, -0.05) is 19.8 Å². The number of unbranched alkanes of at least 4 members (excludes halogenated alkanes) is 1. The second kappa shape index (κ2) is 5.83. The molecule has 4 N–H and O–H groups in total. The van der Waals surface area contributed by atoms with E-state index in [0.29, 0.717) is 6.42 Å². The van der Waals surface area contributed by atoms with Crippen LogP contribution in [-0.4, -0.2) is 17.2 Å². The van der Waals surface area contributed by atoms with E-state index in [9.17, 15) is 4.79 Å². The Bertz CT molecular complexity index is 177. The molecule has 0 aromatic heterocycles. The minimum atomic E-state index is -0.573. The van der Waals surface area contributed by atoms with Crippen LogP contribution < -0.4 is 11.5 Å². The number of guanidine groups is 1. The minimum absolute atomic E-state index is 0.0925. The molecule has 12 heavy (non-hydrogen) atoms. The molecule has 0 saturated carbocycles. The van der Waals surface area contributed by atoms with Crippen LogP contribution in [0.4, 0.5) is 0 Å². The van der Waals surface area contributed by atoms with Crippen LogP contribution >= 0.6 is 11.6 Å². The van der Waals surface area contributed by atoms with E-state index in [0.717, 1.165) is 12.8 Å². The number of halogens is 1. The van der Waals surface area contributed by atoms with Crippen molar-refractivity contribution in [1.82, 2.24) is 0 Å². The van der Waals surface area contributed by atoms with Gasteiger partial charge in [-0.25, -0.2) is 4.99 Å². The summed E-state index contributed by atoms with van der Waals surface area (Å²) in [6.45, 7) is 2.02. The van der Waals surface area contributed by atoms with Crippen LogP contribution in [0.25, 0.3) is 0 Å². The van der Waals surface area contributed by atoms with Crippen LogP contribution in [0.2, 0.25) is 0 Å². The normalized spacial score (nSPS) is 12.2. The SMILES string of the molecule is CCCCC(N=C(N)N)C(=O)Cl. The molecule has 0 aromatic carbocycles. The molecule has 0 saturated heterocycles. The van der Waals surface area contributed by atoms with E-state index in [2.05, 4.69) is 4.99 Å². The van der Waals surface area contributed by atoms with Crippen molar-refractivity contribution in [2.75, 3.05) is 0 Å². The molecule has 4 nitrogen and oxygen atoms in total. The van der Waals surface area contributed by atoms with Gasteiger partial charge in [-0.3, -0.25) is 4.79 Å².